The van der Waals surface area contributed by atoms with Crippen LogP contribution in [0.5, 0.6) is 0 Å². The first-order chi connectivity index (χ1) is 19.0. The molecule has 0 unspecified atom stereocenters. The molecule has 204 valence electrons. The Labute approximate surface area is 228 Å². The molecule has 0 saturated carbocycles. The normalized spacial score (nSPS) is 14.1. The number of hydrogen-bond acceptors (Lipinski definition) is 6. The molecule has 1 saturated heterocycles. The summed E-state index contributed by atoms with van der Waals surface area (Å²) in [7, 11) is 3.82. The van der Waals surface area contributed by atoms with Crippen molar-refractivity contribution >= 4 is 28.2 Å². The van der Waals surface area contributed by atoms with Gasteiger partial charge in [-0.1, -0.05) is 24.3 Å². The van der Waals surface area contributed by atoms with E-state index in [2.05, 4.69) is 32.7 Å². The average Bonchev–Trinajstić information content (AvgIpc) is 3.33. The minimum absolute atomic E-state index is 0.224. The molecule has 8 nitrogen and oxygen atoms in total. The molecule has 5 rings (SSSR count). The molecular formula is C30H35FN6O2. The molecule has 2 N–H and O–H groups in total. The van der Waals surface area contributed by atoms with Crippen LogP contribution in [0.15, 0.2) is 66.9 Å². The van der Waals surface area contributed by atoms with Gasteiger partial charge in [-0.25, -0.2) is 9.82 Å². The molecule has 3 aromatic carbocycles. The van der Waals surface area contributed by atoms with Gasteiger partial charge in [0.25, 0.3) is 5.91 Å². The molecule has 0 radical (unpaired) electrons. The summed E-state index contributed by atoms with van der Waals surface area (Å²) < 4.78 is 18.8. The fourth-order valence-corrected chi connectivity index (χ4v) is 5.00. The van der Waals surface area contributed by atoms with Gasteiger partial charge in [0.15, 0.2) is 0 Å². The zero-order chi connectivity index (χ0) is 27.2. The molecule has 0 bridgehead atoms. The number of carbonyl (C=O) groups excluding carboxylic acids is 1. The van der Waals surface area contributed by atoms with Crippen LogP contribution in [-0.4, -0.2) is 74.2 Å². The number of halogens is 1. The first-order valence-corrected chi connectivity index (χ1v) is 13.3. The highest BCUT2D eigenvalue weighted by atomic mass is 19.1. The lowest BCUT2D eigenvalue weighted by Gasteiger charge is -2.36. The lowest BCUT2D eigenvalue weighted by molar-refractivity contribution is 0.101. The number of fused-ring (bicyclic) bond motifs is 1. The van der Waals surface area contributed by atoms with Crippen molar-refractivity contribution in [2.45, 2.75) is 12.8 Å². The monoisotopic (exact) mass is 530 g/mol. The van der Waals surface area contributed by atoms with Crippen molar-refractivity contribution in [2.24, 2.45) is 0 Å². The Morgan fingerprint density at radius 1 is 1.03 bits per heavy atom. The third-order valence-electron chi connectivity index (χ3n) is 7.08. The molecule has 1 fully saturated rings. The number of rotatable bonds is 10. The van der Waals surface area contributed by atoms with Crippen molar-refractivity contribution in [3.05, 3.63) is 89.4 Å². The van der Waals surface area contributed by atoms with Crippen molar-refractivity contribution in [3.63, 3.8) is 0 Å². The van der Waals surface area contributed by atoms with Crippen LogP contribution in [0.3, 0.4) is 0 Å². The summed E-state index contributed by atoms with van der Waals surface area (Å²) in [5, 5.41) is 8.85. The summed E-state index contributed by atoms with van der Waals surface area (Å²) in [5.74, 6) is -0.465. The third kappa shape index (κ3) is 6.38. The summed E-state index contributed by atoms with van der Waals surface area (Å²) in [6.45, 7) is 4.97. The van der Waals surface area contributed by atoms with E-state index >= 15 is 0 Å². The van der Waals surface area contributed by atoms with Gasteiger partial charge in [0.1, 0.15) is 5.82 Å². The minimum atomic E-state index is -0.241. The number of anilines is 2. The van der Waals surface area contributed by atoms with Crippen LogP contribution >= 0.6 is 0 Å². The zero-order valence-electron chi connectivity index (χ0n) is 22.5. The smallest absolute Gasteiger partial charge is 0.273 e. The van der Waals surface area contributed by atoms with Crippen LogP contribution in [-0.2, 0) is 11.2 Å². The molecule has 2 heterocycles. The van der Waals surface area contributed by atoms with Gasteiger partial charge in [0.2, 0.25) is 0 Å². The molecule has 39 heavy (non-hydrogen) atoms. The Hall–Kier alpha value is -3.95. The number of likely N-dealkylation sites (N-methyl/N-ethyl adjacent to an activating group) is 1. The number of amides is 1. The van der Waals surface area contributed by atoms with E-state index < -0.39 is 0 Å². The highest BCUT2D eigenvalue weighted by Crippen LogP contribution is 2.32. The van der Waals surface area contributed by atoms with Crippen LogP contribution in [0.1, 0.15) is 27.9 Å². The summed E-state index contributed by atoms with van der Waals surface area (Å²) in [6, 6.07) is 18.4. The van der Waals surface area contributed by atoms with Gasteiger partial charge >= 0.3 is 0 Å². The van der Waals surface area contributed by atoms with E-state index in [1.165, 1.54) is 10.9 Å². The zero-order valence-corrected chi connectivity index (χ0v) is 22.5. The number of hydrogen-bond donors (Lipinski definition) is 2. The fourth-order valence-electron chi connectivity index (χ4n) is 5.00. The first-order valence-electron chi connectivity index (χ1n) is 13.3. The van der Waals surface area contributed by atoms with Crippen LogP contribution in [0.25, 0.3) is 10.9 Å². The second-order valence-electron chi connectivity index (χ2n) is 9.96. The number of aromatic nitrogens is 2. The number of methoxy groups -OCH3 is 1. The van der Waals surface area contributed by atoms with Crippen molar-refractivity contribution in [2.75, 3.05) is 69.1 Å². The molecule has 0 atom stereocenters. The van der Waals surface area contributed by atoms with Gasteiger partial charge < -0.3 is 19.9 Å². The summed E-state index contributed by atoms with van der Waals surface area (Å²) >= 11 is 0. The van der Waals surface area contributed by atoms with E-state index in [1.807, 2.05) is 42.5 Å². The van der Waals surface area contributed by atoms with Crippen LogP contribution < -0.4 is 15.6 Å². The number of benzene rings is 3. The maximum absolute atomic E-state index is 13.7. The summed E-state index contributed by atoms with van der Waals surface area (Å²) in [5.41, 5.74) is 8.18. The van der Waals surface area contributed by atoms with Crippen LogP contribution in [0.4, 0.5) is 15.8 Å². The molecule has 1 amide bonds. The molecule has 1 aromatic heterocycles. The lowest BCUT2D eigenvalue weighted by atomic mass is 10.0. The molecule has 0 spiro atoms. The maximum atomic E-state index is 13.7. The quantitative estimate of drug-likeness (QED) is 0.297. The van der Waals surface area contributed by atoms with Crippen molar-refractivity contribution in [1.82, 2.24) is 14.8 Å². The second-order valence-corrected chi connectivity index (χ2v) is 9.96. The number of nitrogens with zero attached hydrogens (tertiary/aromatic N) is 4. The van der Waals surface area contributed by atoms with Gasteiger partial charge in [-0.05, 0) is 67.4 Å². The van der Waals surface area contributed by atoms with E-state index in [4.69, 9.17) is 4.74 Å². The molecule has 4 aromatic rings. The van der Waals surface area contributed by atoms with Crippen LogP contribution in [0.2, 0.25) is 0 Å². The number of piperazine rings is 1. The SMILES string of the molecule is COCCCNc1cccc(C(=O)Nn2ncc3cc(Cc4cccc(F)c4)ccc32)c1N1CCN(C)CC1. The van der Waals surface area contributed by atoms with Crippen molar-refractivity contribution < 1.29 is 13.9 Å². The Morgan fingerprint density at radius 2 is 1.82 bits per heavy atom. The predicted octanol–water partition coefficient (Wildman–Crippen LogP) is 4.35. The fraction of sp³-hybridized carbons (Fsp3) is 0.333. The predicted molar refractivity (Wildman–Crippen MR) is 154 cm³/mol. The van der Waals surface area contributed by atoms with Gasteiger partial charge in [0.05, 0.1) is 28.7 Å². The Balaban J connectivity index is 1.38. The average molecular weight is 531 g/mol. The standard InChI is InChI=1S/C30H35FN6O2/c1-35-13-15-36(16-14-35)29-26(8-4-9-27(29)32-12-5-17-39-2)30(38)34-37-28-11-10-23(19-24(28)21-33-37)18-22-6-3-7-25(31)20-22/h3-4,6-11,19-21,32H,5,12-18H2,1-2H3,(H,34,38). The molecule has 9 heteroatoms. The second kappa shape index (κ2) is 12.3. The highest BCUT2D eigenvalue weighted by molar-refractivity contribution is 6.07. The number of nitrogens with one attached hydrogen (secondary N) is 2. The van der Waals surface area contributed by atoms with Crippen molar-refractivity contribution in [1.29, 1.82) is 0 Å². The summed E-state index contributed by atoms with van der Waals surface area (Å²) in [6.07, 6.45) is 3.22. The largest absolute Gasteiger partial charge is 0.385 e. The number of carbonyl (C=O) groups is 1. The van der Waals surface area contributed by atoms with E-state index in [1.54, 1.807) is 25.4 Å². The summed E-state index contributed by atoms with van der Waals surface area (Å²) in [4.78, 5) is 19.8. The number of ether oxygens (including phenoxy) is 1. The van der Waals surface area contributed by atoms with E-state index in [9.17, 15) is 9.18 Å². The Bertz CT molecular complexity index is 1430. The van der Waals surface area contributed by atoms with E-state index in [0.29, 0.717) is 18.6 Å². The number of para-hydroxylation sites is 1. The molecule has 1 aliphatic rings. The molecule has 1 aliphatic heterocycles. The topological polar surface area (TPSA) is 74.7 Å². The van der Waals surface area contributed by atoms with Gasteiger partial charge in [-0.2, -0.15) is 9.89 Å². The third-order valence-corrected chi connectivity index (χ3v) is 7.08. The van der Waals surface area contributed by atoms with Gasteiger partial charge in [-0.3, -0.25) is 4.79 Å². The Morgan fingerprint density at radius 3 is 2.62 bits per heavy atom. The highest BCUT2D eigenvalue weighted by Gasteiger charge is 2.24. The van der Waals surface area contributed by atoms with E-state index in [-0.39, 0.29) is 11.7 Å². The maximum Gasteiger partial charge on any atom is 0.273 e. The van der Waals surface area contributed by atoms with Gasteiger partial charge in [0, 0.05) is 51.8 Å². The van der Waals surface area contributed by atoms with E-state index in [0.717, 1.165) is 72.5 Å². The minimum Gasteiger partial charge on any atom is -0.385 e. The van der Waals surface area contributed by atoms with Crippen molar-refractivity contribution in [3.8, 4) is 0 Å². The van der Waals surface area contributed by atoms with Gasteiger partial charge in [-0.15, -0.1) is 0 Å². The first kappa shape index (κ1) is 26.6. The van der Waals surface area contributed by atoms with Crippen LogP contribution in [0, 0.1) is 5.82 Å². The lowest BCUT2D eigenvalue weighted by Crippen LogP contribution is -2.45. The Kier molecular flexibility index (Phi) is 8.39. The molecular weight excluding hydrogens is 495 g/mol. The molecule has 0 aliphatic carbocycles.